The highest BCUT2D eigenvalue weighted by Gasteiger charge is 2.24. The summed E-state index contributed by atoms with van der Waals surface area (Å²) in [5.41, 5.74) is 2.56. The molecule has 0 bridgehead atoms. The van der Waals surface area contributed by atoms with Crippen LogP contribution in [0.15, 0.2) is 22.8 Å². The van der Waals surface area contributed by atoms with Gasteiger partial charge in [-0.25, -0.2) is 8.78 Å². The monoisotopic (exact) mass is 341 g/mol. The Kier molecular flexibility index (Phi) is 3.50. The molecule has 0 fully saturated rings. The number of aryl methyl sites for hydroxylation is 1. The van der Waals surface area contributed by atoms with Gasteiger partial charge in [-0.1, -0.05) is 0 Å². The van der Waals surface area contributed by atoms with Gasteiger partial charge >= 0.3 is 0 Å². The van der Waals surface area contributed by atoms with Gasteiger partial charge in [0, 0.05) is 28.8 Å². The number of hydrogen-bond donors (Lipinski definition) is 1. The first-order valence-electron chi connectivity index (χ1n) is 6.48. The van der Waals surface area contributed by atoms with Crippen LogP contribution in [0.3, 0.4) is 0 Å². The zero-order valence-electron chi connectivity index (χ0n) is 11.0. The number of benzene rings is 1. The first-order valence-corrected chi connectivity index (χ1v) is 7.27. The van der Waals surface area contributed by atoms with E-state index in [1.165, 1.54) is 11.8 Å². The van der Waals surface area contributed by atoms with Crippen LogP contribution in [0.2, 0.25) is 0 Å². The third-order valence-electron chi connectivity index (χ3n) is 3.70. The Morgan fingerprint density at radius 2 is 2.20 bits per heavy atom. The van der Waals surface area contributed by atoms with Gasteiger partial charge in [0.2, 0.25) is 0 Å². The number of aromatic nitrogens is 2. The predicted molar refractivity (Wildman–Crippen MR) is 76.6 cm³/mol. The molecule has 0 radical (unpaired) electrons. The fraction of sp³-hybridized carbons (Fsp3) is 0.357. The topological polar surface area (TPSA) is 29.9 Å². The smallest absolute Gasteiger partial charge is 0.150 e. The molecule has 0 saturated heterocycles. The largest absolute Gasteiger partial charge is 0.375 e. The van der Waals surface area contributed by atoms with E-state index < -0.39 is 11.6 Å². The summed E-state index contributed by atoms with van der Waals surface area (Å²) in [6.45, 7) is 0. The van der Waals surface area contributed by atoms with Crippen LogP contribution in [0.1, 0.15) is 30.1 Å². The molecule has 3 nitrogen and oxygen atoms in total. The minimum atomic E-state index is -0.592. The Morgan fingerprint density at radius 3 is 2.95 bits per heavy atom. The minimum absolute atomic E-state index is 0.00344. The van der Waals surface area contributed by atoms with Gasteiger partial charge in [-0.2, -0.15) is 5.10 Å². The van der Waals surface area contributed by atoms with Crippen molar-refractivity contribution in [3.8, 4) is 0 Å². The second kappa shape index (κ2) is 5.16. The van der Waals surface area contributed by atoms with Crippen LogP contribution in [0.4, 0.5) is 14.5 Å². The van der Waals surface area contributed by atoms with Gasteiger partial charge in [0.25, 0.3) is 0 Å². The lowest BCUT2D eigenvalue weighted by molar-refractivity contribution is 0.558. The van der Waals surface area contributed by atoms with Crippen molar-refractivity contribution in [1.29, 1.82) is 0 Å². The highest BCUT2D eigenvalue weighted by Crippen LogP contribution is 2.35. The van der Waals surface area contributed by atoms with Gasteiger partial charge in [-0.05, 0) is 41.3 Å². The van der Waals surface area contributed by atoms with Crippen LogP contribution in [0.5, 0.6) is 0 Å². The van der Waals surface area contributed by atoms with Gasteiger partial charge < -0.3 is 5.32 Å². The summed E-state index contributed by atoms with van der Waals surface area (Å²) in [7, 11) is 1.91. The molecule has 1 atom stereocenters. The van der Waals surface area contributed by atoms with Gasteiger partial charge in [-0.15, -0.1) is 0 Å². The predicted octanol–water partition coefficient (Wildman–Crippen LogP) is 3.95. The van der Waals surface area contributed by atoms with Crippen molar-refractivity contribution in [2.75, 3.05) is 5.32 Å². The lowest BCUT2D eigenvalue weighted by Gasteiger charge is -2.25. The molecular weight excluding hydrogens is 328 g/mol. The van der Waals surface area contributed by atoms with Crippen molar-refractivity contribution in [3.05, 3.63) is 45.7 Å². The molecule has 0 amide bonds. The maximum absolute atomic E-state index is 13.9. The zero-order chi connectivity index (χ0) is 14.3. The summed E-state index contributed by atoms with van der Waals surface area (Å²) in [5, 5.41) is 7.43. The molecule has 0 aliphatic heterocycles. The van der Waals surface area contributed by atoms with Crippen molar-refractivity contribution < 1.29 is 8.78 Å². The Balaban J connectivity index is 1.93. The van der Waals surface area contributed by atoms with E-state index in [4.69, 9.17) is 0 Å². The molecule has 3 rings (SSSR count). The SMILES string of the molecule is Cn1ncc2c1CCCC2Nc1c(F)cc(F)cc1Br. The molecule has 1 N–H and O–H groups in total. The van der Waals surface area contributed by atoms with Gasteiger partial charge in [-0.3, -0.25) is 4.68 Å². The fourth-order valence-corrected chi connectivity index (χ4v) is 3.23. The van der Waals surface area contributed by atoms with E-state index in [-0.39, 0.29) is 6.04 Å². The third-order valence-corrected chi connectivity index (χ3v) is 4.33. The second-order valence-electron chi connectivity index (χ2n) is 5.00. The van der Waals surface area contributed by atoms with Gasteiger partial charge in [0.15, 0.2) is 0 Å². The Hall–Kier alpha value is -1.43. The highest BCUT2D eigenvalue weighted by atomic mass is 79.9. The number of anilines is 1. The van der Waals surface area contributed by atoms with Crippen LogP contribution in [0, 0.1) is 11.6 Å². The number of nitrogens with one attached hydrogen (secondary N) is 1. The molecule has 1 aromatic carbocycles. The first-order chi connectivity index (χ1) is 9.56. The Morgan fingerprint density at radius 1 is 1.40 bits per heavy atom. The molecule has 1 aliphatic rings. The lowest BCUT2D eigenvalue weighted by atomic mass is 9.93. The van der Waals surface area contributed by atoms with E-state index in [0.29, 0.717) is 10.2 Å². The summed E-state index contributed by atoms with van der Waals surface area (Å²) in [5.74, 6) is -1.18. The molecule has 1 heterocycles. The van der Waals surface area contributed by atoms with Crippen LogP contribution >= 0.6 is 15.9 Å². The molecular formula is C14H14BrF2N3. The minimum Gasteiger partial charge on any atom is -0.375 e. The fourth-order valence-electron chi connectivity index (χ4n) is 2.71. The Labute approximate surface area is 124 Å². The van der Waals surface area contributed by atoms with Crippen molar-refractivity contribution in [3.63, 3.8) is 0 Å². The van der Waals surface area contributed by atoms with E-state index in [0.717, 1.165) is 30.9 Å². The highest BCUT2D eigenvalue weighted by molar-refractivity contribution is 9.10. The third kappa shape index (κ3) is 2.32. The van der Waals surface area contributed by atoms with Crippen LogP contribution in [0.25, 0.3) is 0 Å². The van der Waals surface area contributed by atoms with E-state index >= 15 is 0 Å². The van der Waals surface area contributed by atoms with Crippen molar-refractivity contribution in [2.45, 2.75) is 25.3 Å². The number of hydrogen-bond acceptors (Lipinski definition) is 2. The maximum Gasteiger partial charge on any atom is 0.150 e. The maximum atomic E-state index is 13.9. The van der Waals surface area contributed by atoms with Crippen molar-refractivity contribution in [1.82, 2.24) is 9.78 Å². The van der Waals surface area contributed by atoms with Crippen molar-refractivity contribution >= 4 is 21.6 Å². The molecule has 20 heavy (non-hydrogen) atoms. The second-order valence-corrected chi connectivity index (χ2v) is 5.86. The Bertz CT molecular complexity index is 631. The van der Waals surface area contributed by atoms with E-state index in [9.17, 15) is 8.78 Å². The lowest BCUT2D eigenvalue weighted by Crippen LogP contribution is -2.18. The van der Waals surface area contributed by atoms with Crippen LogP contribution in [-0.2, 0) is 13.5 Å². The number of halogens is 3. The zero-order valence-corrected chi connectivity index (χ0v) is 12.5. The average Bonchev–Trinajstić information content (AvgIpc) is 2.77. The molecule has 106 valence electrons. The summed E-state index contributed by atoms with van der Waals surface area (Å²) in [6, 6.07) is 2.15. The summed E-state index contributed by atoms with van der Waals surface area (Å²) in [6.07, 6.45) is 4.73. The number of fused-ring (bicyclic) bond motifs is 1. The van der Waals surface area contributed by atoms with Crippen molar-refractivity contribution in [2.24, 2.45) is 7.05 Å². The van der Waals surface area contributed by atoms with Gasteiger partial charge in [0.05, 0.1) is 17.9 Å². The molecule has 0 saturated carbocycles. The van der Waals surface area contributed by atoms with E-state index in [1.54, 1.807) is 0 Å². The van der Waals surface area contributed by atoms with Crippen LogP contribution < -0.4 is 5.32 Å². The summed E-state index contributed by atoms with van der Waals surface area (Å²) >= 11 is 3.21. The molecule has 1 unspecified atom stereocenters. The van der Waals surface area contributed by atoms with E-state index in [1.807, 2.05) is 17.9 Å². The van der Waals surface area contributed by atoms with Gasteiger partial charge in [0.1, 0.15) is 11.6 Å². The average molecular weight is 342 g/mol. The summed E-state index contributed by atoms with van der Waals surface area (Å²) in [4.78, 5) is 0. The first kappa shape index (κ1) is 13.5. The number of nitrogens with zero attached hydrogens (tertiary/aromatic N) is 2. The molecule has 6 heteroatoms. The molecule has 2 aromatic rings. The molecule has 0 spiro atoms. The number of rotatable bonds is 2. The van der Waals surface area contributed by atoms with Crippen LogP contribution in [-0.4, -0.2) is 9.78 Å². The quantitative estimate of drug-likeness (QED) is 0.896. The molecule has 1 aromatic heterocycles. The normalized spacial score (nSPS) is 17.9. The molecule has 1 aliphatic carbocycles. The summed E-state index contributed by atoms with van der Waals surface area (Å²) < 4.78 is 29.3. The van der Waals surface area contributed by atoms with E-state index in [2.05, 4.69) is 26.3 Å². The standard InChI is InChI=1S/C14H14BrF2N3/c1-20-13-4-2-3-12(9(13)7-18-20)19-14-10(15)5-8(16)6-11(14)17/h5-7,12,19H,2-4H2,1H3.